The number of halogens is 3. The summed E-state index contributed by atoms with van der Waals surface area (Å²) >= 11 is 17.2. The van der Waals surface area contributed by atoms with Crippen molar-refractivity contribution in [3.05, 3.63) is 99.6 Å². The van der Waals surface area contributed by atoms with Crippen LogP contribution in [0.4, 0.5) is 17.1 Å². The van der Waals surface area contributed by atoms with Gasteiger partial charge >= 0.3 is 0 Å². The SMILES string of the molecule is CC1C(CN2CCN(c3ccc([N+](=O)[O-])cc3)CC2)OC(c2cccc(NC(=O)C(Cl)(Cl)Cl)c2)OC1c1ccc(CO)cc1. The zero-order valence-electron chi connectivity index (χ0n) is 23.9. The Hall–Kier alpha value is -2.96. The number of rotatable bonds is 8. The van der Waals surface area contributed by atoms with E-state index in [-0.39, 0.29) is 30.4 Å². The molecule has 0 saturated carbocycles. The molecule has 44 heavy (non-hydrogen) atoms. The number of nitro benzene ring substituents is 1. The standard InChI is InChI=1S/C31H33Cl3N4O6/c1-20-27(18-36-13-15-37(16-14-36)25-9-11-26(12-10-25)38(41)42)43-29(44-28(20)22-7-5-21(19-39)6-8-22)23-3-2-4-24(17-23)35-30(40)31(32,33)34/h2-12,17,20,27-29,39H,13-16,18-19H2,1H3,(H,35,40). The molecule has 4 unspecified atom stereocenters. The van der Waals surface area contributed by atoms with Crippen LogP contribution in [0.25, 0.3) is 0 Å². The Morgan fingerprint density at radius 2 is 1.68 bits per heavy atom. The highest BCUT2D eigenvalue weighted by molar-refractivity contribution is 6.76. The van der Waals surface area contributed by atoms with E-state index in [0.717, 1.165) is 43.0 Å². The van der Waals surface area contributed by atoms with Crippen LogP contribution in [-0.4, -0.2) is 63.5 Å². The monoisotopic (exact) mass is 662 g/mol. The van der Waals surface area contributed by atoms with Crippen LogP contribution in [0.5, 0.6) is 0 Å². The van der Waals surface area contributed by atoms with Gasteiger partial charge in [0.15, 0.2) is 6.29 Å². The van der Waals surface area contributed by atoms with E-state index in [1.165, 1.54) is 12.1 Å². The zero-order valence-corrected chi connectivity index (χ0v) is 26.2. The Morgan fingerprint density at radius 3 is 2.30 bits per heavy atom. The topological polar surface area (TPSA) is 117 Å². The molecule has 13 heteroatoms. The van der Waals surface area contributed by atoms with Gasteiger partial charge in [0, 0.05) is 67.7 Å². The second-order valence-corrected chi connectivity index (χ2v) is 13.2. The van der Waals surface area contributed by atoms with E-state index in [2.05, 4.69) is 22.0 Å². The Kier molecular flexibility index (Phi) is 10.3. The molecule has 3 aromatic rings. The molecule has 10 nitrogen and oxygen atoms in total. The highest BCUT2D eigenvalue weighted by atomic mass is 35.6. The van der Waals surface area contributed by atoms with Crippen molar-refractivity contribution in [2.45, 2.75) is 35.8 Å². The Morgan fingerprint density at radius 1 is 1.00 bits per heavy atom. The summed E-state index contributed by atoms with van der Waals surface area (Å²) in [5, 5.41) is 23.2. The smallest absolute Gasteiger partial charge is 0.276 e. The fraction of sp³-hybridized carbons (Fsp3) is 0.387. The summed E-state index contributed by atoms with van der Waals surface area (Å²) in [7, 11) is 0. The number of nitrogens with one attached hydrogen (secondary N) is 1. The maximum atomic E-state index is 12.3. The van der Waals surface area contributed by atoms with Crippen LogP contribution in [0.3, 0.4) is 0 Å². The highest BCUT2D eigenvalue weighted by Crippen LogP contribution is 2.42. The van der Waals surface area contributed by atoms with E-state index < -0.39 is 20.9 Å². The van der Waals surface area contributed by atoms with Gasteiger partial charge in [-0.05, 0) is 35.4 Å². The summed E-state index contributed by atoms with van der Waals surface area (Å²) in [6, 6.07) is 21.4. The number of nitro groups is 1. The van der Waals surface area contributed by atoms with Gasteiger partial charge in [-0.1, -0.05) is 78.1 Å². The molecule has 2 N–H and O–H groups in total. The molecule has 2 aliphatic heterocycles. The fourth-order valence-electron chi connectivity index (χ4n) is 5.52. The molecule has 234 valence electrons. The van der Waals surface area contributed by atoms with E-state index in [9.17, 15) is 20.0 Å². The van der Waals surface area contributed by atoms with Gasteiger partial charge < -0.3 is 24.8 Å². The van der Waals surface area contributed by atoms with Crippen molar-refractivity contribution >= 4 is 57.8 Å². The third-order valence-corrected chi connectivity index (χ3v) is 8.55. The van der Waals surface area contributed by atoms with Crippen LogP contribution in [0.15, 0.2) is 72.8 Å². The van der Waals surface area contributed by atoms with Crippen molar-refractivity contribution < 1.29 is 24.3 Å². The van der Waals surface area contributed by atoms with Gasteiger partial charge in [-0.25, -0.2) is 0 Å². The Bertz CT molecular complexity index is 1450. The average molecular weight is 664 g/mol. The lowest BCUT2D eigenvalue weighted by Crippen LogP contribution is -2.51. The van der Waals surface area contributed by atoms with E-state index >= 15 is 0 Å². The van der Waals surface area contributed by atoms with Gasteiger partial charge in [0.1, 0.15) is 0 Å². The Labute approximate surface area is 270 Å². The molecule has 2 fully saturated rings. The molecule has 3 aromatic carbocycles. The number of carbonyl (C=O) groups is 1. The summed E-state index contributed by atoms with van der Waals surface area (Å²) in [5.41, 5.74) is 3.95. The summed E-state index contributed by atoms with van der Waals surface area (Å²) in [4.78, 5) is 27.5. The van der Waals surface area contributed by atoms with Crippen molar-refractivity contribution in [2.24, 2.45) is 5.92 Å². The lowest BCUT2D eigenvalue weighted by atomic mass is 9.90. The minimum Gasteiger partial charge on any atom is -0.392 e. The van der Waals surface area contributed by atoms with Crippen molar-refractivity contribution in [3.63, 3.8) is 0 Å². The van der Waals surface area contributed by atoms with Crippen LogP contribution in [0.1, 0.15) is 36.0 Å². The molecule has 1 amide bonds. The molecule has 4 atom stereocenters. The van der Waals surface area contributed by atoms with Gasteiger partial charge in [0.05, 0.1) is 23.7 Å². The second kappa shape index (κ2) is 14.0. The van der Waals surface area contributed by atoms with Crippen molar-refractivity contribution in [1.82, 2.24) is 4.90 Å². The first-order valence-corrected chi connectivity index (χ1v) is 15.4. The first-order valence-electron chi connectivity index (χ1n) is 14.2. The number of alkyl halides is 3. The predicted octanol–water partition coefficient (Wildman–Crippen LogP) is 6.01. The molecular weight excluding hydrogens is 631 g/mol. The molecule has 0 aromatic heterocycles. The van der Waals surface area contributed by atoms with Crippen LogP contribution in [0.2, 0.25) is 0 Å². The molecule has 0 radical (unpaired) electrons. The highest BCUT2D eigenvalue weighted by Gasteiger charge is 2.40. The van der Waals surface area contributed by atoms with E-state index in [0.29, 0.717) is 17.8 Å². The number of hydrogen-bond acceptors (Lipinski definition) is 8. The number of ether oxygens (including phenoxy) is 2. The summed E-state index contributed by atoms with van der Waals surface area (Å²) in [6.45, 7) is 5.87. The fourth-order valence-corrected chi connectivity index (χ4v) is 5.66. The minimum atomic E-state index is -2.11. The predicted molar refractivity (Wildman–Crippen MR) is 170 cm³/mol. The van der Waals surface area contributed by atoms with E-state index in [4.69, 9.17) is 44.3 Å². The molecule has 0 bridgehead atoms. The summed E-state index contributed by atoms with van der Waals surface area (Å²) in [6.07, 6.45) is -1.22. The minimum absolute atomic E-state index is 0.00817. The van der Waals surface area contributed by atoms with Crippen molar-refractivity contribution in [3.8, 4) is 0 Å². The number of aliphatic hydroxyl groups is 1. The summed E-state index contributed by atoms with van der Waals surface area (Å²) in [5.74, 6) is -0.780. The first-order chi connectivity index (χ1) is 21.0. The summed E-state index contributed by atoms with van der Waals surface area (Å²) < 4.78 is 11.0. The number of piperazine rings is 1. The molecular formula is C31H33Cl3N4O6. The number of hydrogen-bond donors (Lipinski definition) is 2. The van der Waals surface area contributed by atoms with Crippen LogP contribution in [-0.2, 0) is 20.9 Å². The number of non-ortho nitro benzene ring substituents is 1. The quantitative estimate of drug-likeness (QED) is 0.171. The Balaban J connectivity index is 1.32. The molecule has 2 saturated heterocycles. The number of anilines is 2. The number of nitrogens with zero attached hydrogens (tertiary/aromatic N) is 3. The molecule has 2 heterocycles. The van der Waals surface area contributed by atoms with E-state index in [1.807, 2.05) is 30.3 Å². The van der Waals surface area contributed by atoms with Crippen molar-refractivity contribution in [2.75, 3.05) is 42.9 Å². The maximum Gasteiger partial charge on any atom is 0.276 e. The number of aliphatic hydroxyl groups excluding tert-OH is 1. The van der Waals surface area contributed by atoms with Gasteiger partial charge in [0.25, 0.3) is 15.4 Å². The molecule has 2 aliphatic rings. The van der Waals surface area contributed by atoms with Gasteiger partial charge in [-0.3, -0.25) is 19.8 Å². The largest absolute Gasteiger partial charge is 0.392 e. The van der Waals surface area contributed by atoms with Crippen molar-refractivity contribution in [1.29, 1.82) is 0 Å². The first kappa shape index (κ1) is 32.4. The molecule has 5 rings (SSSR count). The van der Waals surface area contributed by atoms with Gasteiger partial charge in [-0.2, -0.15) is 0 Å². The van der Waals surface area contributed by atoms with Crippen LogP contribution >= 0.6 is 34.8 Å². The van der Waals surface area contributed by atoms with Crippen LogP contribution in [0, 0.1) is 16.0 Å². The second-order valence-electron chi connectivity index (χ2n) is 11.0. The molecule has 0 spiro atoms. The zero-order chi connectivity index (χ0) is 31.4. The normalized spacial score (nSPS) is 22.9. The molecule has 0 aliphatic carbocycles. The number of amides is 1. The lowest BCUT2D eigenvalue weighted by molar-refractivity contribution is -0.384. The van der Waals surface area contributed by atoms with Crippen LogP contribution < -0.4 is 10.2 Å². The average Bonchev–Trinajstić information content (AvgIpc) is 3.02. The van der Waals surface area contributed by atoms with Gasteiger partial charge in [-0.15, -0.1) is 0 Å². The number of benzene rings is 3. The lowest BCUT2D eigenvalue weighted by Gasteiger charge is -2.44. The maximum absolute atomic E-state index is 12.3. The third kappa shape index (κ3) is 7.81. The number of carbonyl (C=O) groups excluding carboxylic acids is 1. The third-order valence-electron chi connectivity index (χ3n) is 8.03. The van der Waals surface area contributed by atoms with Gasteiger partial charge in [0.2, 0.25) is 0 Å². The van der Waals surface area contributed by atoms with E-state index in [1.54, 1.807) is 30.3 Å².